The van der Waals surface area contributed by atoms with Crippen LogP contribution in [0.25, 0.3) is 0 Å². The lowest BCUT2D eigenvalue weighted by atomic mass is 10.2. The van der Waals surface area contributed by atoms with Crippen molar-refractivity contribution in [3.63, 3.8) is 0 Å². The van der Waals surface area contributed by atoms with E-state index in [1.165, 1.54) is 6.21 Å². The molecule has 0 amide bonds. The molecule has 15 heavy (non-hydrogen) atoms. The highest BCUT2D eigenvalue weighted by molar-refractivity contribution is 5.79. The summed E-state index contributed by atoms with van der Waals surface area (Å²) in [6.07, 6.45) is 1.43. The molecular weight excluding hydrogens is 196 g/mol. The number of aromatic nitrogens is 3. The van der Waals surface area contributed by atoms with Gasteiger partial charge in [0, 0.05) is 0 Å². The van der Waals surface area contributed by atoms with Gasteiger partial charge in [0.15, 0.2) is 0 Å². The van der Waals surface area contributed by atoms with Gasteiger partial charge in [0.25, 0.3) is 0 Å². The van der Waals surface area contributed by atoms with E-state index in [1.54, 1.807) is 0 Å². The average Bonchev–Trinajstić information content (AvgIpc) is 2.58. The lowest BCUT2D eigenvalue weighted by Gasteiger charge is -1.89. The molecular formula is C9H8N4O2. The summed E-state index contributed by atoms with van der Waals surface area (Å²) in [5.74, 6) is 0. The molecule has 0 fully saturated rings. The lowest BCUT2D eigenvalue weighted by molar-refractivity contribution is 0.801. The molecule has 0 saturated heterocycles. The van der Waals surface area contributed by atoms with Crippen LogP contribution in [0.4, 0.5) is 0 Å². The molecule has 6 heteroatoms. The van der Waals surface area contributed by atoms with Crippen molar-refractivity contribution < 1.29 is 0 Å². The van der Waals surface area contributed by atoms with Gasteiger partial charge in [-0.15, -0.1) is 4.68 Å². The fourth-order valence-corrected chi connectivity index (χ4v) is 1.07. The Morgan fingerprint density at radius 1 is 1.07 bits per heavy atom. The molecule has 6 nitrogen and oxygen atoms in total. The Bertz CT molecular complexity index is 548. The third kappa shape index (κ3) is 1.93. The zero-order valence-corrected chi connectivity index (χ0v) is 7.68. The first-order chi connectivity index (χ1) is 7.27. The predicted octanol–water partition coefficient (Wildman–Crippen LogP) is -0.253. The van der Waals surface area contributed by atoms with Gasteiger partial charge in [0.2, 0.25) is 0 Å². The maximum Gasteiger partial charge on any atom is 0.365 e. The van der Waals surface area contributed by atoms with Crippen LogP contribution >= 0.6 is 0 Å². The van der Waals surface area contributed by atoms with Crippen molar-refractivity contribution in [3.05, 3.63) is 56.9 Å². The summed E-state index contributed by atoms with van der Waals surface area (Å²) in [6, 6.07) is 9.17. The van der Waals surface area contributed by atoms with E-state index in [-0.39, 0.29) is 0 Å². The summed E-state index contributed by atoms with van der Waals surface area (Å²) in [5.41, 5.74) is -0.371. The number of aromatic amines is 2. The molecule has 0 atom stereocenters. The van der Waals surface area contributed by atoms with Crippen LogP contribution in [0.2, 0.25) is 0 Å². The summed E-state index contributed by atoms with van der Waals surface area (Å²) in [5, 5.41) is 8.00. The molecule has 76 valence electrons. The van der Waals surface area contributed by atoms with Crippen molar-refractivity contribution in [3.8, 4) is 0 Å². The number of hydrogen-bond acceptors (Lipinski definition) is 3. The first kappa shape index (κ1) is 9.20. The highest BCUT2D eigenvalue weighted by Crippen LogP contribution is 1.93. The molecule has 2 aromatic rings. The number of benzene rings is 1. The van der Waals surface area contributed by atoms with Crippen molar-refractivity contribution >= 4 is 6.21 Å². The second-order valence-corrected chi connectivity index (χ2v) is 2.83. The molecule has 1 aromatic heterocycles. The summed E-state index contributed by atoms with van der Waals surface area (Å²) in [6.45, 7) is 0. The molecule has 2 rings (SSSR count). The maximum absolute atomic E-state index is 11.0. The third-order valence-electron chi connectivity index (χ3n) is 1.78. The van der Waals surface area contributed by atoms with Crippen LogP contribution < -0.4 is 11.4 Å². The van der Waals surface area contributed by atoms with E-state index in [2.05, 4.69) is 15.3 Å². The molecule has 1 heterocycles. The standard InChI is InChI=1S/C9H8N4O2/c14-8-11-12-9(15)13(8)10-6-7-4-2-1-3-5-7/h1-6H,(H,11,14)(H,12,15). The largest absolute Gasteiger partial charge is 0.365 e. The van der Waals surface area contributed by atoms with E-state index in [0.717, 1.165) is 5.56 Å². The van der Waals surface area contributed by atoms with Crippen LogP contribution in [0.15, 0.2) is 45.0 Å². The van der Waals surface area contributed by atoms with Crippen LogP contribution in [0.1, 0.15) is 5.56 Å². The molecule has 0 aliphatic carbocycles. The predicted molar refractivity (Wildman–Crippen MR) is 55.1 cm³/mol. The number of hydrogen-bond donors (Lipinski definition) is 2. The number of rotatable bonds is 2. The van der Waals surface area contributed by atoms with Gasteiger partial charge in [-0.05, 0) is 5.56 Å². The highest BCUT2D eigenvalue weighted by atomic mass is 16.2. The molecule has 2 N–H and O–H groups in total. The normalized spacial score (nSPS) is 10.9. The van der Waals surface area contributed by atoms with Gasteiger partial charge in [0.05, 0.1) is 6.21 Å². The summed E-state index contributed by atoms with van der Waals surface area (Å²) < 4.78 is 0.715. The molecule has 0 aliphatic rings. The van der Waals surface area contributed by atoms with Gasteiger partial charge in [-0.25, -0.2) is 19.8 Å². The Hall–Kier alpha value is -2.37. The van der Waals surface area contributed by atoms with E-state index in [0.29, 0.717) is 4.68 Å². The van der Waals surface area contributed by atoms with Gasteiger partial charge in [-0.2, -0.15) is 5.10 Å². The van der Waals surface area contributed by atoms with Crippen LogP contribution in [0.5, 0.6) is 0 Å². The first-order valence-electron chi connectivity index (χ1n) is 4.26. The Morgan fingerprint density at radius 3 is 2.27 bits per heavy atom. The zero-order valence-electron chi connectivity index (χ0n) is 7.68. The fraction of sp³-hybridized carbons (Fsp3) is 0. The van der Waals surface area contributed by atoms with Crippen molar-refractivity contribution in [1.29, 1.82) is 0 Å². The average molecular weight is 204 g/mol. The topological polar surface area (TPSA) is 83.0 Å². The van der Waals surface area contributed by atoms with Crippen molar-refractivity contribution in [2.45, 2.75) is 0 Å². The molecule has 0 radical (unpaired) electrons. The molecule has 1 aromatic carbocycles. The molecule has 0 spiro atoms. The minimum Gasteiger partial charge on any atom is -0.246 e. The van der Waals surface area contributed by atoms with E-state index in [9.17, 15) is 9.59 Å². The second-order valence-electron chi connectivity index (χ2n) is 2.83. The van der Waals surface area contributed by atoms with Gasteiger partial charge in [0.1, 0.15) is 0 Å². The number of H-pyrrole nitrogens is 2. The highest BCUT2D eigenvalue weighted by Gasteiger charge is 1.97. The second kappa shape index (κ2) is 3.79. The Balaban J connectivity index is 2.34. The Kier molecular flexibility index (Phi) is 2.32. The minimum absolute atomic E-state index is 0.591. The molecule has 0 unspecified atom stereocenters. The van der Waals surface area contributed by atoms with Gasteiger partial charge in [-0.1, -0.05) is 30.3 Å². The maximum atomic E-state index is 11.0. The van der Waals surface area contributed by atoms with Crippen molar-refractivity contribution in [2.75, 3.05) is 0 Å². The van der Waals surface area contributed by atoms with E-state index in [1.807, 2.05) is 30.3 Å². The number of nitrogens with one attached hydrogen (secondary N) is 2. The quantitative estimate of drug-likeness (QED) is 0.661. The summed E-state index contributed by atoms with van der Waals surface area (Å²) in [4.78, 5) is 22.0. The SMILES string of the molecule is O=c1[nH][nH]c(=O)n1N=Cc1ccccc1. The number of nitrogens with zero attached hydrogens (tertiary/aromatic N) is 2. The van der Waals surface area contributed by atoms with E-state index in [4.69, 9.17) is 0 Å². The first-order valence-corrected chi connectivity index (χ1v) is 4.26. The van der Waals surface area contributed by atoms with Gasteiger partial charge >= 0.3 is 11.4 Å². The molecule has 0 saturated carbocycles. The summed E-state index contributed by atoms with van der Waals surface area (Å²) in [7, 11) is 0. The van der Waals surface area contributed by atoms with Crippen molar-refractivity contribution in [2.24, 2.45) is 5.10 Å². The van der Waals surface area contributed by atoms with E-state index < -0.39 is 11.4 Å². The van der Waals surface area contributed by atoms with E-state index >= 15 is 0 Å². The Labute approximate surface area is 83.9 Å². The molecule has 0 bridgehead atoms. The third-order valence-corrected chi connectivity index (χ3v) is 1.78. The zero-order chi connectivity index (χ0) is 10.7. The summed E-state index contributed by atoms with van der Waals surface area (Å²) >= 11 is 0. The van der Waals surface area contributed by atoms with Gasteiger partial charge in [-0.3, -0.25) is 0 Å². The minimum atomic E-state index is -0.591. The van der Waals surface area contributed by atoms with Crippen LogP contribution in [0.3, 0.4) is 0 Å². The van der Waals surface area contributed by atoms with Crippen LogP contribution in [0, 0.1) is 0 Å². The lowest BCUT2D eigenvalue weighted by Crippen LogP contribution is -2.22. The monoisotopic (exact) mass is 204 g/mol. The van der Waals surface area contributed by atoms with Crippen LogP contribution in [-0.2, 0) is 0 Å². The Morgan fingerprint density at radius 2 is 1.67 bits per heavy atom. The molecule has 0 aliphatic heterocycles. The van der Waals surface area contributed by atoms with Crippen LogP contribution in [-0.4, -0.2) is 21.1 Å². The smallest absolute Gasteiger partial charge is 0.246 e. The fourth-order valence-electron chi connectivity index (χ4n) is 1.07. The van der Waals surface area contributed by atoms with Crippen molar-refractivity contribution in [1.82, 2.24) is 14.9 Å². The van der Waals surface area contributed by atoms with Gasteiger partial charge < -0.3 is 0 Å².